The average Bonchev–Trinajstić information content (AvgIpc) is 2.94. The molecule has 1 aliphatic rings. The number of anilines is 2. The van der Waals surface area contributed by atoms with Gasteiger partial charge in [-0.15, -0.1) is 0 Å². The summed E-state index contributed by atoms with van der Waals surface area (Å²) in [5, 5.41) is 1.04. The van der Waals surface area contributed by atoms with Gasteiger partial charge in [0.2, 0.25) is 11.1 Å². The number of hydrogen-bond donors (Lipinski definition) is 0. The predicted octanol–water partition coefficient (Wildman–Crippen LogP) is 2.50. The second-order valence-electron chi connectivity index (χ2n) is 5.15. The van der Waals surface area contributed by atoms with Crippen LogP contribution >= 0.6 is 27.5 Å². The Morgan fingerprint density at radius 3 is 2.52 bits per heavy atom. The lowest BCUT2D eigenvalue weighted by Crippen LogP contribution is -2.44. The topological polar surface area (TPSA) is 58.0 Å². The smallest absolute Gasteiger partial charge is 0.225 e. The van der Waals surface area contributed by atoms with Crippen LogP contribution in [-0.2, 0) is 0 Å². The molecular formula is C13H17BrN6S. The van der Waals surface area contributed by atoms with E-state index < -0.39 is 0 Å². The van der Waals surface area contributed by atoms with Crippen molar-refractivity contribution >= 4 is 38.5 Å². The second kappa shape index (κ2) is 6.23. The summed E-state index contributed by atoms with van der Waals surface area (Å²) < 4.78 is 5.16. The van der Waals surface area contributed by atoms with E-state index in [1.807, 2.05) is 6.92 Å². The summed E-state index contributed by atoms with van der Waals surface area (Å²) >= 11 is 4.85. The Morgan fingerprint density at radius 2 is 1.95 bits per heavy atom. The molecule has 1 saturated heterocycles. The first kappa shape index (κ1) is 14.6. The number of aryl methyl sites for hydroxylation is 1. The van der Waals surface area contributed by atoms with Crippen molar-refractivity contribution in [3.05, 3.63) is 22.7 Å². The van der Waals surface area contributed by atoms with Crippen LogP contribution in [0.3, 0.4) is 0 Å². The van der Waals surface area contributed by atoms with Crippen LogP contribution in [-0.4, -0.2) is 45.5 Å². The van der Waals surface area contributed by atoms with Gasteiger partial charge in [0.1, 0.15) is 5.82 Å². The summed E-state index contributed by atoms with van der Waals surface area (Å²) in [6, 6.07) is 0.469. The molecule has 0 atom stereocenters. The fourth-order valence-corrected chi connectivity index (χ4v) is 3.44. The largest absolute Gasteiger partial charge is 0.347 e. The lowest BCUT2D eigenvalue weighted by molar-refractivity contribution is 0.477. The first-order chi connectivity index (χ1) is 10.1. The van der Waals surface area contributed by atoms with Gasteiger partial charge >= 0.3 is 0 Å². The minimum atomic E-state index is 0.469. The van der Waals surface area contributed by atoms with Gasteiger partial charge in [0.15, 0.2) is 0 Å². The first-order valence-electron chi connectivity index (χ1n) is 6.89. The normalized spacial score (nSPS) is 16.2. The summed E-state index contributed by atoms with van der Waals surface area (Å²) in [7, 11) is 2.07. The molecule has 3 rings (SSSR count). The molecule has 0 bridgehead atoms. The van der Waals surface area contributed by atoms with Crippen molar-refractivity contribution in [2.45, 2.75) is 25.8 Å². The molecule has 8 heteroatoms. The molecule has 0 radical (unpaired) electrons. The Hall–Kier alpha value is -1.28. The Labute approximate surface area is 136 Å². The highest BCUT2D eigenvalue weighted by molar-refractivity contribution is 9.10. The van der Waals surface area contributed by atoms with E-state index in [0.29, 0.717) is 6.04 Å². The van der Waals surface area contributed by atoms with Crippen molar-refractivity contribution < 1.29 is 0 Å². The molecule has 0 amide bonds. The van der Waals surface area contributed by atoms with Gasteiger partial charge in [-0.1, -0.05) is 0 Å². The molecule has 0 unspecified atom stereocenters. The zero-order valence-corrected chi connectivity index (χ0v) is 14.4. The summed E-state index contributed by atoms with van der Waals surface area (Å²) in [6.07, 6.45) is 5.74. The van der Waals surface area contributed by atoms with Crippen LogP contribution in [0.4, 0.5) is 11.1 Å². The van der Waals surface area contributed by atoms with Gasteiger partial charge in [-0.3, -0.25) is 0 Å². The van der Waals surface area contributed by atoms with Gasteiger partial charge in [-0.05, 0) is 35.7 Å². The Bertz CT molecular complexity index is 593. The SMILES string of the molecule is Cc1nsc(N2CCC(N(C)c3ncc(Br)cn3)CC2)n1. The lowest BCUT2D eigenvalue weighted by Gasteiger charge is -2.36. The molecule has 3 heterocycles. The van der Waals surface area contributed by atoms with E-state index in [9.17, 15) is 0 Å². The number of halogens is 1. The van der Waals surface area contributed by atoms with E-state index in [1.54, 1.807) is 12.4 Å². The lowest BCUT2D eigenvalue weighted by atomic mass is 10.0. The van der Waals surface area contributed by atoms with Crippen LogP contribution in [0.2, 0.25) is 0 Å². The molecule has 2 aromatic heterocycles. The molecule has 1 fully saturated rings. The maximum atomic E-state index is 4.46. The van der Waals surface area contributed by atoms with Crippen molar-refractivity contribution in [1.82, 2.24) is 19.3 Å². The third kappa shape index (κ3) is 3.32. The van der Waals surface area contributed by atoms with Crippen LogP contribution in [0.25, 0.3) is 0 Å². The monoisotopic (exact) mass is 368 g/mol. The van der Waals surface area contributed by atoms with Crippen molar-refractivity contribution in [1.29, 1.82) is 0 Å². The minimum Gasteiger partial charge on any atom is -0.347 e. The third-order valence-electron chi connectivity index (χ3n) is 3.72. The molecule has 0 saturated carbocycles. The Morgan fingerprint density at radius 1 is 1.29 bits per heavy atom. The molecule has 0 aliphatic carbocycles. The highest BCUT2D eigenvalue weighted by Crippen LogP contribution is 2.25. The van der Waals surface area contributed by atoms with E-state index in [4.69, 9.17) is 0 Å². The zero-order chi connectivity index (χ0) is 14.8. The second-order valence-corrected chi connectivity index (χ2v) is 6.80. The van der Waals surface area contributed by atoms with Crippen molar-refractivity contribution in [2.24, 2.45) is 0 Å². The van der Waals surface area contributed by atoms with Gasteiger partial charge in [-0.2, -0.15) is 4.37 Å². The standard InChI is InChI=1S/C13H17BrN6S/c1-9-17-13(21-18-9)20-5-3-11(4-6-20)19(2)12-15-7-10(14)8-16-12/h7-8,11H,3-6H2,1-2H3. The van der Waals surface area contributed by atoms with Crippen molar-refractivity contribution in [2.75, 3.05) is 29.9 Å². The maximum absolute atomic E-state index is 4.46. The molecule has 0 N–H and O–H groups in total. The van der Waals surface area contributed by atoms with Gasteiger partial charge in [0, 0.05) is 50.1 Å². The zero-order valence-electron chi connectivity index (χ0n) is 12.0. The average molecular weight is 369 g/mol. The molecule has 0 spiro atoms. The maximum Gasteiger partial charge on any atom is 0.225 e. The van der Waals surface area contributed by atoms with Crippen LogP contribution in [0.1, 0.15) is 18.7 Å². The van der Waals surface area contributed by atoms with Crippen LogP contribution < -0.4 is 9.80 Å². The minimum absolute atomic E-state index is 0.469. The summed E-state index contributed by atoms with van der Waals surface area (Å²) in [5.41, 5.74) is 0. The third-order valence-corrected chi connectivity index (χ3v) is 5.00. The van der Waals surface area contributed by atoms with Gasteiger partial charge < -0.3 is 9.80 Å². The quantitative estimate of drug-likeness (QED) is 0.829. The van der Waals surface area contributed by atoms with Crippen molar-refractivity contribution in [3.8, 4) is 0 Å². The van der Waals surface area contributed by atoms with E-state index in [1.165, 1.54) is 11.5 Å². The Balaban J connectivity index is 1.61. The highest BCUT2D eigenvalue weighted by atomic mass is 79.9. The van der Waals surface area contributed by atoms with Crippen LogP contribution in [0.5, 0.6) is 0 Å². The molecule has 0 aromatic carbocycles. The van der Waals surface area contributed by atoms with E-state index in [-0.39, 0.29) is 0 Å². The van der Waals surface area contributed by atoms with E-state index in [0.717, 1.165) is 47.3 Å². The predicted molar refractivity (Wildman–Crippen MR) is 88.0 cm³/mol. The van der Waals surface area contributed by atoms with Crippen molar-refractivity contribution in [3.63, 3.8) is 0 Å². The summed E-state index contributed by atoms with van der Waals surface area (Å²) in [6.45, 7) is 3.94. The first-order valence-corrected chi connectivity index (χ1v) is 8.46. The molecule has 1 aliphatic heterocycles. The fourth-order valence-electron chi connectivity index (χ4n) is 2.51. The molecule has 6 nitrogen and oxygen atoms in total. The highest BCUT2D eigenvalue weighted by Gasteiger charge is 2.25. The van der Waals surface area contributed by atoms with E-state index in [2.05, 4.69) is 52.1 Å². The summed E-state index contributed by atoms with van der Waals surface area (Å²) in [4.78, 5) is 17.7. The molecule has 21 heavy (non-hydrogen) atoms. The molecular weight excluding hydrogens is 352 g/mol. The van der Waals surface area contributed by atoms with Crippen LogP contribution in [0.15, 0.2) is 16.9 Å². The van der Waals surface area contributed by atoms with Gasteiger partial charge in [-0.25, -0.2) is 15.0 Å². The summed E-state index contributed by atoms with van der Waals surface area (Å²) in [5.74, 6) is 1.64. The number of hydrogen-bond acceptors (Lipinski definition) is 7. The molecule has 2 aromatic rings. The number of nitrogens with zero attached hydrogens (tertiary/aromatic N) is 6. The van der Waals surface area contributed by atoms with E-state index >= 15 is 0 Å². The van der Waals surface area contributed by atoms with Gasteiger partial charge in [0.05, 0.1) is 4.47 Å². The van der Waals surface area contributed by atoms with Gasteiger partial charge in [0.25, 0.3) is 0 Å². The Kier molecular flexibility index (Phi) is 4.34. The molecule has 112 valence electrons. The number of rotatable bonds is 3. The number of piperidine rings is 1. The van der Waals surface area contributed by atoms with Crippen LogP contribution in [0, 0.1) is 6.92 Å². The number of aromatic nitrogens is 4. The fraction of sp³-hybridized carbons (Fsp3) is 0.538.